The largest absolute Gasteiger partial charge is 0.493 e. The van der Waals surface area contributed by atoms with Gasteiger partial charge in [-0.05, 0) is 69.1 Å². The average Bonchev–Trinajstić information content (AvgIpc) is 2.84. The van der Waals surface area contributed by atoms with E-state index in [1.165, 1.54) is 32.4 Å². The highest BCUT2D eigenvalue weighted by molar-refractivity contribution is 6.33. The lowest BCUT2D eigenvalue weighted by Gasteiger charge is -2.26. The fourth-order valence-corrected chi connectivity index (χ4v) is 4.32. The molecule has 33 heavy (non-hydrogen) atoms. The van der Waals surface area contributed by atoms with Gasteiger partial charge in [0.05, 0.1) is 37.1 Å². The van der Waals surface area contributed by atoms with Gasteiger partial charge in [-0.3, -0.25) is 4.79 Å². The molecule has 180 valence electrons. The summed E-state index contributed by atoms with van der Waals surface area (Å²) in [5.41, 5.74) is 7.93. The molecule has 0 amide bonds. The number of benzene rings is 2. The zero-order valence-corrected chi connectivity index (χ0v) is 20.5. The second-order valence-electron chi connectivity index (χ2n) is 8.44. The molecule has 2 aromatic carbocycles. The molecule has 2 aromatic rings. The van der Waals surface area contributed by atoms with Crippen molar-refractivity contribution >= 4 is 23.1 Å². The minimum atomic E-state index is 0.0386. The first-order chi connectivity index (χ1) is 16.0. The first-order valence-electron chi connectivity index (χ1n) is 11.7. The number of rotatable bonds is 12. The summed E-state index contributed by atoms with van der Waals surface area (Å²) in [7, 11) is 3.22. The molecule has 3 rings (SSSR count). The highest BCUT2D eigenvalue weighted by atomic mass is 35.5. The number of halogens is 1. The molecular formula is C26H35ClN2O4. The zero-order chi connectivity index (χ0) is 23.6. The molecule has 0 bridgehead atoms. The molecule has 0 saturated carbocycles. The van der Waals surface area contributed by atoms with Crippen LogP contribution in [0, 0.1) is 0 Å². The number of methoxy groups -OCH3 is 2. The fourth-order valence-electron chi connectivity index (χ4n) is 4.16. The molecule has 0 unspecified atom stereocenters. The standard InChI is InChI=1S/C26H35ClN2O4/c1-31-24-10-9-19(16-26(24)32-2)11-15-33-25-18-22(28)21(27)17-20(25)23(30)8-4-7-14-29-12-5-3-6-13-29/h9-10,16-18H,3-8,11-15,28H2,1-2H3. The Morgan fingerprint density at radius 3 is 2.48 bits per heavy atom. The molecule has 1 fully saturated rings. The Morgan fingerprint density at radius 2 is 1.76 bits per heavy atom. The van der Waals surface area contributed by atoms with Crippen LogP contribution in [0.25, 0.3) is 0 Å². The van der Waals surface area contributed by atoms with E-state index in [9.17, 15) is 4.79 Å². The van der Waals surface area contributed by atoms with Gasteiger partial charge >= 0.3 is 0 Å². The van der Waals surface area contributed by atoms with Crippen LogP contribution in [0.15, 0.2) is 30.3 Å². The van der Waals surface area contributed by atoms with Gasteiger partial charge in [0.2, 0.25) is 0 Å². The molecule has 7 heteroatoms. The van der Waals surface area contributed by atoms with Crippen molar-refractivity contribution in [2.24, 2.45) is 0 Å². The Bertz CT molecular complexity index is 929. The summed E-state index contributed by atoms with van der Waals surface area (Å²) in [5, 5.41) is 0.374. The Morgan fingerprint density at radius 1 is 1.00 bits per heavy atom. The van der Waals surface area contributed by atoms with Crippen molar-refractivity contribution in [2.75, 3.05) is 46.2 Å². The summed E-state index contributed by atoms with van der Waals surface area (Å²) in [6.07, 6.45) is 6.89. The van der Waals surface area contributed by atoms with E-state index in [1.807, 2.05) is 18.2 Å². The molecule has 1 heterocycles. The Balaban J connectivity index is 1.56. The van der Waals surface area contributed by atoms with E-state index in [4.69, 9.17) is 31.5 Å². The highest BCUT2D eigenvalue weighted by Crippen LogP contribution is 2.31. The van der Waals surface area contributed by atoms with E-state index in [0.717, 1.165) is 24.9 Å². The molecule has 6 nitrogen and oxygen atoms in total. The van der Waals surface area contributed by atoms with Gasteiger partial charge in [0.1, 0.15) is 5.75 Å². The van der Waals surface area contributed by atoms with E-state index in [2.05, 4.69) is 4.90 Å². The van der Waals surface area contributed by atoms with Gasteiger partial charge < -0.3 is 24.8 Å². The minimum Gasteiger partial charge on any atom is -0.493 e. The van der Waals surface area contributed by atoms with Crippen LogP contribution < -0.4 is 19.9 Å². The van der Waals surface area contributed by atoms with Crippen LogP contribution in [0.4, 0.5) is 5.69 Å². The minimum absolute atomic E-state index is 0.0386. The van der Waals surface area contributed by atoms with Crippen LogP contribution in [0.1, 0.15) is 54.4 Å². The predicted octanol–water partition coefficient (Wildman–Crippen LogP) is 5.40. The number of anilines is 1. The van der Waals surface area contributed by atoms with Gasteiger partial charge in [0, 0.05) is 18.9 Å². The van der Waals surface area contributed by atoms with E-state index in [0.29, 0.717) is 53.0 Å². The summed E-state index contributed by atoms with van der Waals surface area (Å²) in [5.74, 6) is 1.88. The van der Waals surface area contributed by atoms with Crippen LogP contribution in [0.3, 0.4) is 0 Å². The summed E-state index contributed by atoms with van der Waals surface area (Å²) in [4.78, 5) is 15.4. The highest BCUT2D eigenvalue weighted by Gasteiger charge is 2.16. The SMILES string of the molecule is COc1ccc(CCOc2cc(N)c(Cl)cc2C(=O)CCCCN2CCCCC2)cc1OC. The van der Waals surface area contributed by atoms with E-state index in [1.54, 1.807) is 26.4 Å². The van der Waals surface area contributed by atoms with Gasteiger partial charge in [-0.1, -0.05) is 24.1 Å². The van der Waals surface area contributed by atoms with Gasteiger partial charge in [-0.25, -0.2) is 0 Å². The quantitative estimate of drug-likeness (QED) is 0.252. The van der Waals surface area contributed by atoms with Gasteiger partial charge in [-0.2, -0.15) is 0 Å². The van der Waals surface area contributed by atoms with Crippen molar-refractivity contribution in [1.82, 2.24) is 4.90 Å². The first kappa shape index (κ1) is 25.2. The molecular weight excluding hydrogens is 440 g/mol. The lowest BCUT2D eigenvalue weighted by molar-refractivity contribution is 0.0973. The number of carbonyl (C=O) groups excluding carboxylic acids is 1. The maximum Gasteiger partial charge on any atom is 0.166 e. The number of carbonyl (C=O) groups is 1. The van der Waals surface area contributed by atoms with Crippen LogP contribution in [-0.4, -0.2) is 51.1 Å². The summed E-state index contributed by atoms with van der Waals surface area (Å²) >= 11 is 6.22. The molecule has 1 aliphatic heterocycles. The number of likely N-dealkylation sites (tertiary alicyclic amines) is 1. The van der Waals surface area contributed by atoms with Gasteiger partial charge in [0.25, 0.3) is 0 Å². The van der Waals surface area contributed by atoms with Gasteiger partial charge in [-0.15, -0.1) is 0 Å². The summed E-state index contributed by atoms with van der Waals surface area (Å²) in [6.45, 7) is 3.81. The number of ether oxygens (including phenoxy) is 3. The number of ketones is 1. The number of hydrogen-bond acceptors (Lipinski definition) is 6. The van der Waals surface area contributed by atoms with E-state index < -0.39 is 0 Å². The molecule has 0 radical (unpaired) electrons. The van der Waals surface area contributed by atoms with Gasteiger partial charge in [0.15, 0.2) is 17.3 Å². The number of nitrogens with zero attached hydrogens (tertiary/aromatic N) is 1. The van der Waals surface area contributed by atoms with Crippen molar-refractivity contribution in [1.29, 1.82) is 0 Å². The van der Waals surface area contributed by atoms with Crippen molar-refractivity contribution in [3.05, 3.63) is 46.5 Å². The molecule has 1 saturated heterocycles. The maximum absolute atomic E-state index is 12.9. The second-order valence-corrected chi connectivity index (χ2v) is 8.85. The lowest BCUT2D eigenvalue weighted by atomic mass is 10.0. The molecule has 0 atom stereocenters. The number of Topliss-reactive ketones (excluding diaryl/α,β-unsaturated/α-hetero) is 1. The third kappa shape index (κ3) is 7.27. The monoisotopic (exact) mass is 474 g/mol. The molecule has 2 N–H and O–H groups in total. The number of piperidine rings is 1. The van der Waals surface area contributed by atoms with Crippen molar-refractivity contribution in [2.45, 2.75) is 44.9 Å². The van der Waals surface area contributed by atoms with Crippen molar-refractivity contribution < 1.29 is 19.0 Å². The second kappa shape index (κ2) is 12.7. The van der Waals surface area contributed by atoms with E-state index in [-0.39, 0.29) is 5.78 Å². The van der Waals surface area contributed by atoms with E-state index >= 15 is 0 Å². The van der Waals surface area contributed by atoms with Crippen LogP contribution in [-0.2, 0) is 6.42 Å². The topological polar surface area (TPSA) is 74.0 Å². The molecule has 0 aromatic heterocycles. The molecule has 0 spiro atoms. The van der Waals surface area contributed by atoms with Crippen LogP contribution in [0.2, 0.25) is 5.02 Å². The maximum atomic E-state index is 12.9. The summed E-state index contributed by atoms with van der Waals surface area (Å²) in [6, 6.07) is 9.04. The third-order valence-electron chi connectivity index (χ3n) is 6.07. The Kier molecular flexibility index (Phi) is 9.70. The number of nitrogens with two attached hydrogens (primary N) is 1. The Hall–Kier alpha value is -2.44. The third-order valence-corrected chi connectivity index (χ3v) is 6.40. The fraction of sp³-hybridized carbons (Fsp3) is 0.500. The summed E-state index contributed by atoms with van der Waals surface area (Å²) < 4.78 is 16.6. The number of nitrogen functional groups attached to an aromatic ring is 1. The van der Waals surface area contributed by atoms with Crippen molar-refractivity contribution in [3.63, 3.8) is 0 Å². The molecule has 1 aliphatic rings. The normalized spacial score (nSPS) is 14.2. The lowest BCUT2D eigenvalue weighted by Crippen LogP contribution is -2.30. The Labute approximate surface area is 201 Å². The van der Waals surface area contributed by atoms with Crippen molar-refractivity contribution in [3.8, 4) is 17.2 Å². The van der Waals surface area contributed by atoms with Crippen LogP contribution >= 0.6 is 11.6 Å². The number of hydrogen-bond donors (Lipinski definition) is 1. The first-order valence-corrected chi connectivity index (χ1v) is 12.1. The number of unbranched alkanes of at least 4 members (excludes halogenated alkanes) is 1. The average molecular weight is 475 g/mol. The smallest absolute Gasteiger partial charge is 0.166 e. The zero-order valence-electron chi connectivity index (χ0n) is 19.7. The predicted molar refractivity (Wildman–Crippen MR) is 133 cm³/mol. The van der Waals surface area contributed by atoms with Crippen LogP contribution in [0.5, 0.6) is 17.2 Å². The molecule has 0 aliphatic carbocycles.